The second-order valence-corrected chi connectivity index (χ2v) is 10.7. The van der Waals surface area contributed by atoms with Gasteiger partial charge in [0.15, 0.2) is 0 Å². The van der Waals surface area contributed by atoms with Gasteiger partial charge in [-0.3, -0.25) is 4.31 Å². The van der Waals surface area contributed by atoms with Crippen LogP contribution in [0, 0.1) is 11.8 Å². The number of benzene rings is 2. The number of sulfonamides is 1. The first kappa shape index (κ1) is 25.2. The summed E-state index contributed by atoms with van der Waals surface area (Å²) in [5, 5.41) is 10.9. The molecule has 0 fully saturated rings. The van der Waals surface area contributed by atoms with Gasteiger partial charge in [0, 0.05) is 11.8 Å². The van der Waals surface area contributed by atoms with E-state index in [2.05, 4.69) is 27.7 Å². The molecule has 2 N–H and O–H groups in total. The third-order valence-corrected chi connectivity index (χ3v) is 6.79. The number of hydrogen-bond acceptors (Lipinski definition) is 4. The van der Waals surface area contributed by atoms with Gasteiger partial charge in [0.2, 0.25) is 0 Å². The van der Waals surface area contributed by atoms with E-state index in [0.29, 0.717) is 29.8 Å². The van der Waals surface area contributed by atoms with Crippen molar-refractivity contribution in [2.75, 3.05) is 37.6 Å². The molecular formula is C24H37N2O4S+. The summed E-state index contributed by atoms with van der Waals surface area (Å²) in [7, 11) is -2.26. The van der Waals surface area contributed by atoms with E-state index < -0.39 is 16.1 Å². The molecular weight excluding hydrogens is 412 g/mol. The van der Waals surface area contributed by atoms with Gasteiger partial charge in [0.25, 0.3) is 10.0 Å². The van der Waals surface area contributed by atoms with Crippen molar-refractivity contribution in [2.24, 2.45) is 11.8 Å². The number of anilines is 1. The van der Waals surface area contributed by atoms with Crippen molar-refractivity contribution in [3.8, 4) is 5.75 Å². The number of ether oxygens (including phenoxy) is 1. The molecule has 31 heavy (non-hydrogen) atoms. The Morgan fingerprint density at radius 2 is 1.45 bits per heavy atom. The van der Waals surface area contributed by atoms with Crippen molar-refractivity contribution in [2.45, 2.75) is 38.7 Å². The zero-order chi connectivity index (χ0) is 23.0. The number of nitrogens with one attached hydrogen (secondary N) is 1. The summed E-state index contributed by atoms with van der Waals surface area (Å²) >= 11 is 0. The van der Waals surface area contributed by atoms with E-state index in [1.165, 1.54) is 9.21 Å². The minimum absolute atomic E-state index is 0.0107. The fraction of sp³-hybridized carbons (Fsp3) is 0.500. The molecule has 6 nitrogen and oxygen atoms in total. The van der Waals surface area contributed by atoms with E-state index in [1.807, 2.05) is 0 Å². The molecule has 0 heterocycles. The van der Waals surface area contributed by atoms with E-state index >= 15 is 0 Å². The topological polar surface area (TPSA) is 71.3 Å². The van der Waals surface area contributed by atoms with E-state index in [-0.39, 0.29) is 11.4 Å². The smallest absolute Gasteiger partial charge is 0.264 e. The SMILES string of the molecule is COc1ccc(N(CC(O)C[NH+](CC(C)C)CC(C)C)S(=O)(=O)c2ccccc2)cc1. The quantitative estimate of drug-likeness (QED) is 0.522. The van der Waals surface area contributed by atoms with E-state index in [4.69, 9.17) is 4.74 Å². The lowest BCUT2D eigenvalue weighted by atomic mass is 10.1. The third-order valence-electron chi connectivity index (χ3n) is 4.99. The summed E-state index contributed by atoms with van der Waals surface area (Å²) < 4.78 is 33.4. The molecule has 0 saturated heterocycles. The van der Waals surface area contributed by atoms with Gasteiger partial charge < -0.3 is 14.7 Å². The van der Waals surface area contributed by atoms with Gasteiger partial charge in [-0.25, -0.2) is 8.42 Å². The molecule has 0 radical (unpaired) electrons. The molecule has 0 bridgehead atoms. The Balaban J connectivity index is 2.31. The molecule has 0 aromatic heterocycles. The van der Waals surface area contributed by atoms with Gasteiger partial charge in [-0.2, -0.15) is 0 Å². The maximum atomic E-state index is 13.4. The maximum Gasteiger partial charge on any atom is 0.264 e. The molecule has 0 aliphatic carbocycles. The average Bonchev–Trinajstić information content (AvgIpc) is 2.71. The molecule has 2 aromatic carbocycles. The highest BCUT2D eigenvalue weighted by atomic mass is 32.2. The Labute approximate surface area is 187 Å². The largest absolute Gasteiger partial charge is 0.497 e. The summed E-state index contributed by atoms with van der Waals surface area (Å²) in [6, 6.07) is 15.2. The number of rotatable bonds is 12. The number of nitrogens with zero attached hydrogens (tertiary/aromatic N) is 1. The molecule has 1 unspecified atom stereocenters. The number of aliphatic hydroxyl groups is 1. The molecule has 0 aliphatic rings. The summed E-state index contributed by atoms with van der Waals surface area (Å²) in [6.45, 7) is 11.0. The van der Waals surface area contributed by atoms with Crippen molar-refractivity contribution < 1.29 is 23.2 Å². The number of methoxy groups -OCH3 is 1. The highest BCUT2D eigenvalue weighted by Crippen LogP contribution is 2.26. The summed E-state index contributed by atoms with van der Waals surface area (Å²) in [5.41, 5.74) is 0.498. The molecule has 0 aliphatic heterocycles. The predicted molar refractivity (Wildman–Crippen MR) is 125 cm³/mol. The van der Waals surface area contributed by atoms with Crippen molar-refractivity contribution in [3.05, 3.63) is 54.6 Å². The van der Waals surface area contributed by atoms with Crippen LogP contribution in [0.4, 0.5) is 5.69 Å². The van der Waals surface area contributed by atoms with Gasteiger partial charge >= 0.3 is 0 Å². The first-order chi connectivity index (χ1) is 14.6. The lowest BCUT2D eigenvalue weighted by Gasteiger charge is -2.30. The normalized spacial score (nSPS) is 13.1. The second kappa shape index (κ2) is 11.5. The van der Waals surface area contributed by atoms with Crippen LogP contribution in [0.15, 0.2) is 59.5 Å². The van der Waals surface area contributed by atoms with Crippen LogP contribution in [0.5, 0.6) is 5.75 Å². The summed E-state index contributed by atoms with van der Waals surface area (Å²) in [6.07, 6.45) is -0.798. The van der Waals surface area contributed by atoms with E-state index in [0.717, 1.165) is 13.1 Å². The van der Waals surface area contributed by atoms with Crippen LogP contribution in [0.25, 0.3) is 0 Å². The van der Waals surface area contributed by atoms with Gasteiger partial charge in [0.1, 0.15) is 18.4 Å². The first-order valence-corrected chi connectivity index (χ1v) is 12.3. The molecule has 0 spiro atoms. The Morgan fingerprint density at radius 1 is 0.903 bits per heavy atom. The zero-order valence-corrected chi connectivity index (χ0v) is 20.1. The van der Waals surface area contributed by atoms with Crippen molar-refractivity contribution in [1.29, 1.82) is 0 Å². The molecule has 1 atom stereocenters. The predicted octanol–water partition coefficient (Wildman–Crippen LogP) is 2.45. The Morgan fingerprint density at radius 3 is 1.94 bits per heavy atom. The van der Waals surface area contributed by atoms with Crippen molar-refractivity contribution >= 4 is 15.7 Å². The van der Waals surface area contributed by atoms with Crippen LogP contribution < -0.4 is 13.9 Å². The monoisotopic (exact) mass is 449 g/mol. The van der Waals surface area contributed by atoms with Gasteiger partial charge in [-0.05, 0) is 36.4 Å². The zero-order valence-electron chi connectivity index (χ0n) is 19.3. The fourth-order valence-corrected chi connectivity index (χ4v) is 5.33. The number of quaternary nitrogens is 1. The summed E-state index contributed by atoms with van der Waals surface area (Å²) in [4.78, 5) is 1.48. The maximum absolute atomic E-state index is 13.4. The van der Waals surface area contributed by atoms with Crippen LogP contribution >= 0.6 is 0 Å². The van der Waals surface area contributed by atoms with Crippen molar-refractivity contribution in [3.63, 3.8) is 0 Å². The van der Waals surface area contributed by atoms with Crippen molar-refractivity contribution in [1.82, 2.24) is 0 Å². The molecule has 2 aromatic rings. The van der Waals surface area contributed by atoms with Crippen LogP contribution in [-0.4, -0.2) is 52.9 Å². The van der Waals surface area contributed by atoms with Crippen LogP contribution in [0.2, 0.25) is 0 Å². The van der Waals surface area contributed by atoms with Gasteiger partial charge in [-0.1, -0.05) is 45.9 Å². The molecule has 7 heteroatoms. The second-order valence-electron chi connectivity index (χ2n) is 8.85. The number of hydrogen-bond donors (Lipinski definition) is 2. The fourth-order valence-electron chi connectivity index (χ4n) is 3.80. The highest BCUT2D eigenvalue weighted by molar-refractivity contribution is 7.92. The highest BCUT2D eigenvalue weighted by Gasteiger charge is 2.29. The van der Waals surface area contributed by atoms with Gasteiger partial charge in [0.05, 0.1) is 37.3 Å². The number of aliphatic hydroxyl groups excluding tert-OH is 1. The minimum atomic E-state index is -3.83. The van der Waals surface area contributed by atoms with Gasteiger partial charge in [-0.15, -0.1) is 0 Å². The lowest BCUT2D eigenvalue weighted by Crippen LogP contribution is -3.14. The van der Waals surface area contributed by atoms with E-state index in [1.54, 1.807) is 61.7 Å². The summed E-state index contributed by atoms with van der Waals surface area (Å²) in [5.74, 6) is 1.63. The third kappa shape index (κ3) is 7.52. The lowest BCUT2D eigenvalue weighted by molar-refractivity contribution is -0.909. The molecule has 0 amide bonds. The Hall–Kier alpha value is -2.09. The molecule has 0 saturated carbocycles. The first-order valence-electron chi connectivity index (χ1n) is 10.9. The van der Waals surface area contributed by atoms with Crippen LogP contribution in [0.1, 0.15) is 27.7 Å². The van der Waals surface area contributed by atoms with Crippen LogP contribution in [-0.2, 0) is 10.0 Å². The molecule has 2 rings (SSSR count). The Kier molecular flexibility index (Phi) is 9.34. The standard InChI is InChI=1S/C24H36N2O4S/c1-19(2)15-25(16-20(3)4)17-22(27)18-26(21-11-13-23(30-5)14-12-21)31(28,29)24-9-7-6-8-10-24/h6-14,19-20,22,27H,15-18H2,1-5H3/p+1. The van der Waals surface area contributed by atoms with Crippen LogP contribution in [0.3, 0.4) is 0 Å². The Bertz CT molecular complexity index is 874. The average molecular weight is 450 g/mol. The molecule has 172 valence electrons. The minimum Gasteiger partial charge on any atom is -0.497 e. The van der Waals surface area contributed by atoms with E-state index in [9.17, 15) is 13.5 Å².